The summed E-state index contributed by atoms with van der Waals surface area (Å²) in [4.78, 5) is 2.57. The third-order valence-electron chi connectivity index (χ3n) is 3.92. The molecule has 0 aromatic heterocycles. The highest BCUT2D eigenvalue weighted by Crippen LogP contribution is 2.40. The molecule has 86 valence electrons. The molecule has 2 unspecified atom stereocenters. The summed E-state index contributed by atoms with van der Waals surface area (Å²) in [5.74, 6) is 0.935. The molecule has 2 N–H and O–H groups in total. The molecule has 1 saturated heterocycles. The zero-order chi connectivity index (χ0) is 11.1. The predicted octanol–water partition coefficient (Wildman–Crippen LogP) is 2.90. The van der Waals surface area contributed by atoms with Crippen molar-refractivity contribution < 1.29 is 0 Å². The molecule has 3 rings (SSSR count). The maximum atomic E-state index is 5.72. The number of fused-ring (bicyclic) bond motifs is 2. The number of hydrogen-bond donors (Lipinski definition) is 1. The Bertz CT molecular complexity index is 405. The maximum Gasteiger partial charge on any atom is 0.0383 e. The SMILES string of the molecule is NCc1cc(Br)cc(N2CC3CCC2C3)c1. The van der Waals surface area contributed by atoms with Gasteiger partial charge in [-0.25, -0.2) is 0 Å². The first-order valence-corrected chi connectivity index (χ1v) is 6.82. The van der Waals surface area contributed by atoms with Crippen LogP contribution in [0.3, 0.4) is 0 Å². The molecule has 1 aromatic rings. The predicted molar refractivity (Wildman–Crippen MR) is 70.5 cm³/mol. The van der Waals surface area contributed by atoms with Crippen LogP contribution in [0, 0.1) is 5.92 Å². The molecule has 1 heterocycles. The largest absolute Gasteiger partial charge is 0.368 e. The summed E-state index contributed by atoms with van der Waals surface area (Å²) in [5.41, 5.74) is 8.29. The monoisotopic (exact) mass is 280 g/mol. The van der Waals surface area contributed by atoms with E-state index in [9.17, 15) is 0 Å². The van der Waals surface area contributed by atoms with E-state index in [0.29, 0.717) is 6.54 Å². The number of piperidine rings is 1. The zero-order valence-corrected chi connectivity index (χ0v) is 10.9. The van der Waals surface area contributed by atoms with Gasteiger partial charge in [-0.15, -0.1) is 0 Å². The average Bonchev–Trinajstić information content (AvgIpc) is 2.89. The number of nitrogens with two attached hydrogens (primary N) is 1. The van der Waals surface area contributed by atoms with Crippen LogP contribution in [-0.4, -0.2) is 12.6 Å². The maximum absolute atomic E-state index is 5.72. The Hall–Kier alpha value is -0.540. The fraction of sp³-hybridized carbons (Fsp3) is 0.538. The van der Waals surface area contributed by atoms with Gasteiger partial charge in [0.05, 0.1) is 0 Å². The van der Waals surface area contributed by atoms with Crippen LogP contribution in [0.5, 0.6) is 0 Å². The molecule has 1 aliphatic heterocycles. The molecule has 1 aromatic carbocycles. The Balaban J connectivity index is 1.91. The summed E-state index contributed by atoms with van der Waals surface area (Å²) >= 11 is 3.57. The van der Waals surface area contributed by atoms with E-state index in [-0.39, 0.29) is 0 Å². The summed E-state index contributed by atoms with van der Waals surface area (Å²) in [6, 6.07) is 7.35. The van der Waals surface area contributed by atoms with Gasteiger partial charge in [0.15, 0.2) is 0 Å². The van der Waals surface area contributed by atoms with Crippen molar-refractivity contribution in [1.82, 2.24) is 0 Å². The highest BCUT2D eigenvalue weighted by Gasteiger charge is 2.37. The Morgan fingerprint density at radius 1 is 1.31 bits per heavy atom. The van der Waals surface area contributed by atoms with Crippen LogP contribution in [0.2, 0.25) is 0 Å². The first-order valence-electron chi connectivity index (χ1n) is 6.02. The molecular weight excluding hydrogens is 264 g/mol. The van der Waals surface area contributed by atoms with Gasteiger partial charge in [0, 0.05) is 29.3 Å². The van der Waals surface area contributed by atoms with Crippen LogP contribution in [0.25, 0.3) is 0 Å². The number of benzene rings is 1. The molecule has 2 aliphatic rings. The summed E-state index contributed by atoms with van der Waals surface area (Å²) in [7, 11) is 0. The Morgan fingerprint density at radius 2 is 2.19 bits per heavy atom. The number of halogens is 1. The number of hydrogen-bond acceptors (Lipinski definition) is 2. The van der Waals surface area contributed by atoms with Crippen molar-refractivity contribution in [2.24, 2.45) is 11.7 Å². The molecule has 2 bridgehead atoms. The lowest BCUT2D eigenvalue weighted by atomic mass is 10.1. The van der Waals surface area contributed by atoms with Crippen molar-refractivity contribution in [1.29, 1.82) is 0 Å². The minimum atomic E-state index is 0.619. The minimum absolute atomic E-state index is 0.619. The molecule has 1 aliphatic carbocycles. The van der Waals surface area contributed by atoms with E-state index in [4.69, 9.17) is 5.73 Å². The lowest BCUT2D eigenvalue weighted by Gasteiger charge is -2.29. The van der Waals surface area contributed by atoms with Crippen LogP contribution in [0.1, 0.15) is 24.8 Å². The van der Waals surface area contributed by atoms with Crippen LogP contribution in [0.4, 0.5) is 5.69 Å². The average molecular weight is 281 g/mol. The van der Waals surface area contributed by atoms with E-state index in [1.807, 2.05) is 0 Å². The second kappa shape index (κ2) is 4.04. The summed E-state index contributed by atoms with van der Waals surface area (Å²) < 4.78 is 1.15. The molecule has 3 heteroatoms. The molecule has 16 heavy (non-hydrogen) atoms. The zero-order valence-electron chi connectivity index (χ0n) is 9.32. The lowest BCUT2D eigenvalue weighted by molar-refractivity contribution is 0.553. The number of nitrogens with zero attached hydrogens (tertiary/aromatic N) is 1. The van der Waals surface area contributed by atoms with Crippen LogP contribution < -0.4 is 10.6 Å². The first-order chi connectivity index (χ1) is 7.76. The van der Waals surface area contributed by atoms with Gasteiger partial charge in [-0.3, -0.25) is 0 Å². The van der Waals surface area contributed by atoms with Crippen molar-refractivity contribution in [3.05, 3.63) is 28.2 Å². The second-order valence-corrected chi connectivity index (χ2v) is 5.92. The van der Waals surface area contributed by atoms with E-state index in [1.165, 1.54) is 37.1 Å². The quantitative estimate of drug-likeness (QED) is 0.903. The van der Waals surface area contributed by atoms with Crippen LogP contribution in [0.15, 0.2) is 22.7 Å². The molecular formula is C13H17BrN2. The Morgan fingerprint density at radius 3 is 2.81 bits per heavy atom. The van der Waals surface area contributed by atoms with Gasteiger partial charge in [-0.05, 0) is 48.9 Å². The van der Waals surface area contributed by atoms with E-state index >= 15 is 0 Å². The normalized spacial score (nSPS) is 27.8. The Kier molecular flexibility index (Phi) is 2.68. The number of anilines is 1. The summed E-state index contributed by atoms with van der Waals surface area (Å²) in [6.07, 6.45) is 4.19. The third kappa shape index (κ3) is 1.76. The molecule has 2 atom stereocenters. The van der Waals surface area contributed by atoms with Gasteiger partial charge < -0.3 is 10.6 Å². The van der Waals surface area contributed by atoms with E-state index in [2.05, 4.69) is 39.0 Å². The molecule has 0 radical (unpaired) electrons. The fourth-order valence-corrected chi connectivity index (χ4v) is 3.69. The summed E-state index contributed by atoms with van der Waals surface area (Å²) in [5, 5.41) is 0. The van der Waals surface area contributed by atoms with Crippen molar-refractivity contribution in [2.75, 3.05) is 11.4 Å². The van der Waals surface area contributed by atoms with Gasteiger partial charge in [0.2, 0.25) is 0 Å². The van der Waals surface area contributed by atoms with E-state index in [0.717, 1.165) is 16.4 Å². The molecule has 0 amide bonds. The molecule has 2 fully saturated rings. The fourth-order valence-electron chi connectivity index (χ4n) is 3.16. The van der Waals surface area contributed by atoms with E-state index < -0.39 is 0 Å². The summed E-state index contributed by atoms with van der Waals surface area (Å²) in [6.45, 7) is 1.86. The van der Waals surface area contributed by atoms with Crippen LogP contribution >= 0.6 is 15.9 Å². The minimum Gasteiger partial charge on any atom is -0.368 e. The number of rotatable bonds is 2. The third-order valence-corrected chi connectivity index (χ3v) is 4.38. The van der Waals surface area contributed by atoms with Gasteiger partial charge >= 0.3 is 0 Å². The first kappa shape index (κ1) is 10.6. The van der Waals surface area contributed by atoms with Crippen molar-refractivity contribution >= 4 is 21.6 Å². The Labute approximate surface area is 105 Å². The highest BCUT2D eigenvalue weighted by atomic mass is 79.9. The molecule has 2 nitrogen and oxygen atoms in total. The van der Waals surface area contributed by atoms with Crippen molar-refractivity contribution in [3.8, 4) is 0 Å². The highest BCUT2D eigenvalue weighted by molar-refractivity contribution is 9.10. The lowest BCUT2D eigenvalue weighted by Crippen LogP contribution is -2.31. The molecule has 1 saturated carbocycles. The van der Waals surface area contributed by atoms with E-state index in [1.54, 1.807) is 0 Å². The van der Waals surface area contributed by atoms with Gasteiger partial charge in [0.25, 0.3) is 0 Å². The van der Waals surface area contributed by atoms with Gasteiger partial charge in [0.1, 0.15) is 0 Å². The van der Waals surface area contributed by atoms with Gasteiger partial charge in [-0.1, -0.05) is 15.9 Å². The standard InChI is InChI=1S/C13H17BrN2/c14-11-3-10(7-15)5-13(6-11)16-8-9-1-2-12(16)4-9/h3,5-6,9,12H,1-2,4,7-8,15H2. The van der Waals surface area contributed by atoms with Gasteiger partial charge in [-0.2, -0.15) is 0 Å². The second-order valence-electron chi connectivity index (χ2n) is 5.01. The van der Waals surface area contributed by atoms with Crippen LogP contribution in [-0.2, 0) is 6.54 Å². The molecule has 0 spiro atoms. The van der Waals surface area contributed by atoms with Crippen molar-refractivity contribution in [3.63, 3.8) is 0 Å². The topological polar surface area (TPSA) is 29.3 Å². The van der Waals surface area contributed by atoms with Crippen molar-refractivity contribution in [2.45, 2.75) is 31.8 Å². The smallest absolute Gasteiger partial charge is 0.0383 e.